The van der Waals surface area contributed by atoms with Crippen LogP contribution in [0, 0.1) is 0 Å². The SMILES string of the molecule is Cl.OC(O)O. The topological polar surface area (TPSA) is 60.7 Å². The van der Waals surface area contributed by atoms with Crippen LogP contribution in [0.15, 0.2) is 0 Å². The number of hydrogen-bond donors (Lipinski definition) is 3. The van der Waals surface area contributed by atoms with Gasteiger partial charge >= 0.3 is 0 Å². The fraction of sp³-hybridized carbons (Fsp3) is 1.00. The van der Waals surface area contributed by atoms with Crippen LogP contribution in [0.25, 0.3) is 0 Å². The van der Waals surface area contributed by atoms with E-state index in [1.807, 2.05) is 0 Å². The predicted octanol–water partition coefficient (Wildman–Crippen LogP) is -1.33. The summed E-state index contributed by atoms with van der Waals surface area (Å²) in [4.78, 5) is 0. The molecule has 0 aliphatic rings. The molecule has 0 rings (SSSR count). The van der Waals surface area contributed by atoms with Gasteiger partial charge in [0.2, 0.25) is 0 Å². The molecular weight excluding hydrogens is 95.5 g/mol. The first kappa shape index (κ1) is 8.95. The van der Waals surface area contributed by atoms with Crippen molar-refractivity contribution in [2.75, 3.05) is 0 Å². The van der Waals surface area contributed by atoms with Gasteiger partial charge < -0.3 is 15.3 Å². The van der Waals surface area contributed by atoms with Crippen LogP contribution in [0.3, 0.4) is 0 Å². The molecule has 0 saturated heterocycles. The second-order valence-corrected chi connectivity index (χ2v) is 0.346. The number of aliphatic hydroxyl groups excluding tert-OH is 1. The van der Waals surface area contributed by atoms with Gasteiger partial charge in [-0.1, -0.05) is 0 Å². The Bertz CT molecular complexity index is 11.6. The highest BCUT2D eigenvalue weighted by molar-refractivity contribution is 5.85. The van der Waals surface area contributed by atoms with Gasteiger partial charge in [-0.05, 0) is 0 Å². The van der Waals surface area contributed by atoms with Crippen LogP contribution in [0.2, 0.25) is 0 Å². The fourth-order valence-electron chi connectivity index (χ4n) is 0. The van der Waals surface area contributed by atoms with Crippen LogP contribution in [0.5, 0.6) is 0 Å². The molecule has 3 N–H and O–H groups in total. The molecule has 0 fully saturated rings. The van der Waals surface area contributed by atoms with Crippen molar-refractivity contribution in [1.82, 2.24) is 0 Å². The van der Waals surface area contributed by atoms with E-state index in [1.165, 1.54) is 0 Å². The third kappa shape index (κ3) is 679. The summed E-state index contributed by atoms with van der Waals surface area (Å²) in [5.41, 5.74) is 0. The molecule has 3 nitrogen and oxygen atoms in total. The Labute approximate surface area is 35.3 Å². The van der Waals surface area contributed by atoms with E-state index in [0.29, 0.717) is 0 Å². The Balaban J connectivity index is 0. The third-order valence-electron chi connectivity index (χ3n) is 0. The highest BCUT2D eigenvalue weighted by atomic mass is 35.5. The van der Waals surface area contributed by atoms with Crippen molar-refractivity contribution in [3.63, 3.8) is 0 Å². The summed E-state index contributed by atoms with van der Waals surface area (Å²) < 4.78 is 0. The molecule has 34 valence electrons. The van der Waals surface area contributed by atoms with Crippen LogP contribution < -0.4 is 0 Å². The van der Waals surface area contributed by atoms with Crippen molar-refractivity contribution in [3.05, 3.63) is 0 Å². The van der Waals surface area contributed by atoms with Crippen molar-refractivity contribution in [2.24, 2.45) is 0 Å². The molecule has 0 aromatic carbocycles. The Morgan fingerprint density at radius 1 is 1.00 bits per heavy atom. The molecule has 0 radical (unpaired) electrons. The summed E-state index contributed by atoms with van der Waals surface area (Å²) in [7, 11) is 0. The van der Waals surface area contributed by atoms with Crippen LogP contribution >= 0.6 is 12.4 Å². The second kappa shape index (κ2) is 4.17. The van der Waals surface area contributed by atoms with Crippen molar-refractivity contribution >= 4 is 12.4 Å². The minimum atomic E-state index is -2.17. The zero-order valence-corrected chi connectivity index (χ0v) is 3.14. The number of rotatable bonds is 0. The van der Waals surface area contributed by atoms with Crippen LogP contribution in [-0.2, 0) is 0 Å². The molecule has 0 unspecified atom stereocenters. The van der Waals surface area contributed by atoms with Gasteiger partial charge in [-0.25, -0.2) is 0 Å². The minimum absolute atomic E-state index is 0. The zero-order chi connectivity index (χ0) is 3.58. The van der Waals surface area contributed by atoms with Gasteiger partial charge in [-0.15, -0.1) is 12.4 Å². The molecule has 4 heteroatoms. The lowest BCUT2D eigenvalue weighted by molar-refractivity contribution is -0.198. The number of aliphatic hydroxyl groups is 3. The maximum absolute atomic E-state index is 7.17. The molecule has 0 atom stereocenters. The summed E-state index contributed by atoms with van der Waals surface area (Å²) in [5.74, 6) is 0. The van der Waals surface area contributed by atoms with E-state index in [0.717, 1.165) is 0 Å². The van der Waals surface area contributed by atoms with E-state index < -0.39 is 6.48 Å². The van der Waals surface area contributed by atoms with Gasteiger partial charge in [0, 0.05) is 0 Å². The lowest BCUT2D eigenvalue weighted by Crippen LogP contribution is -1.98. The Morgan fingerprint density at radius 3 is 1.00 bits per heavy atom. The number of halogens is 1. The molecule has 0 amide bonds. The lowest BCUT2D eigenvalue weighted by Gasteiger charge is -1.80. The van der Waals surface area contributed by atoms with Gasteiger partial charge in [-0.3, -0.25) is 0 Å². The normalized spacial score (nSPS) is 7.20. The molecule has 0 aromatic heterocycles. The van der Waals surface area contributed by atoms with Crippen LogP contribution in [0.4, 0.5) is 0 Å². The first-order chi connectivity index (χ1) is 1.73. The molecule has 0 aliphatic heterocycles. The Morgan fingerprint density at radius 2 is 1.00 bits per heavy atom. The standard InChI is InChI=1S/CH4O3.ClH/c2-1(3)4;/h1-4H;1H. The lowest BCUT2D eigenvalue weighted by atomic mass is 11.4. The second-order valence-electron chi connectivity index (χ2n) is 0.346. The zero-order valence-electron chi connectivity index (χ0n) is 2.33. The highest BCUT2D eigenvalue weighted by Crippen LogP contribution is 1.49. The van der Waals surface area contributed by atoms with Crippen LogP contribution in [-0.4, -0.2) is 21.8 Å². The molecule has 0 saturated carbocycles. The maximum Gasteiger partial charge on any atom is 0.263 e. The third-order valence-corrected chi connectivity index (χ3v) is 0. The predicted molar refractivity (Wildman–Crippen MR) is 17.7 cm³/mol. The van der Waals surface area contributed by atoms with Gasteiger partial charge in [0.1, 0.15) is 0 Å². The summed E-state index contributed by atoms with van der Waals surface area (Å²) >= 11 is 0. The molecule has 0 bridgehead atoms. The molecule has 0 spiro atoms. The van der Waals surface area contributed by atoms with Crippen molar-refractivity contribution < 1.29 is 15.3 Å². The summed E-state index contributed by atoms with van der Waals surface area (Å²) in [6, 6.07) is 0. The minimum Gasteiger partial charge on any atom is -0.346 e. The van der Waals surface area contributed by atoms with Crippen molar-refractivity contribution in [2.45, 2.75) is 6.48 Å². The Hall–Kier alpha value is 0.170. The monoisotopic (exact) mass is 100.0 g/mol. The summed E-state index contributed by atoms with van der Waals surface area (Å²) in [5, 5.41) is 21.5. The van der Waals surface area contributed by atoms with Gasteiger partial charge in [0.05, 0.1) is 0 Å². The molecule has 0 aromatic rings. The smallest absolute Gasteiger partial charge is 0.263 e. The molecule has 5 heavy (non-hydrogen) atoms. The summed E-state index contributed by atoms with van der Waals surface area (Å²) in [6.45, 7) is -2.17. The van der Waals surface area contributed by atoms with Crippen molar-refractivity contribution in [3.8, 4) is 0 Å². The average molecular weight is 101 g/mol. The van der Waals surface area contributed by atoms with E-state index in [9.17, 15) is 0 Å². The first-order valence-electron chi connectivity index (χ1n) is 0.775. The van der Waals surface area contributed by atoms with E-state index >= 15 is 0 Å². The van der Waals surface area contributed by atoms with Crippen LogP contribution in [0.1, 0.15) is 0 Å². The summed E-state index contributed by atoms with van der Waals surface area (Å²) in [6.07, 6.45) is 0. The van der Waals surface area contributed by atoms with E-state index in [1.54, 1.807) is 0 Å². The largest absolute Gasteiger partial charge is 0.346 e. The van der Waals surface area contributed by atoms with Gasteiger partial charge in [0.15, 0.2) is 0 Å². The fourth-order valence-corrected chi connectivity index (χ4v) is 0. The average Bonchev–Trinajstić information content (AvgIpc) is 0.811. The molecular formula is CH5ClO3. The number of hydrogen-bond acceptors (Lipinski definition) is 3. The molecule has 0 heterocycles. The van der Waals surface area contributed by atoms with Gasteiger partial charge in [-0.2, -0.15) is 0 Å². The first-order valence-corrected chi connectivity index (χ1v) is 0.775. The molecule has 0 aliphatic carbocycles. The van der Waals surface area contributed by atoms with E-state index in [4.69, 9.17) is 15.3 Å². The van der Waals surface area contributed by atoms with Gasteiger partial charge in [0.25, 0.3) is 6.48 Å². The Kier molecular flexibility index (Phi) is 7.46. The van der Waals surface area contributed by atoms with E-state index in [-0.39, 0.29) is 12.4 Å². The quantitative estimate of drug-likeness (QED) is 0.331. The highest BCUT2D eigenvalue weighted by Gasteiger charge is 1.72. The maximum atomic E-state index is 7.17. The van der Waals surface area contributed by atoms with E-state index in [2.05, 4.69) is 0 Å². The van der Waals surface area contributed by atoms with Crippen molar-refractivity contribution in [1.29, 1.82) is 0 Å².